The predicted octanol–water partition coefficient (Wildman–Crippen LogP) is 5.40. The van der Waals surface area contributed by atoms with E-state index in [1.165, 1.54) is 0 Å². The summed E-state index contributed by atoms with van der Waals surface area (Å²) in [5.41, 5.74) is 3.15. The first-order chi connectivity index (χ1) is 22.3. The topological polar surface area (TPSA) is 131 Å². The van der Waals surface area contributed by atoms with E-state index in [2.05, 4.69) is 10.6 Å². The van der Waals surface area contributed by atoms with Crippen molar-refractivity contribution in [2.75, 3.05) is 12.4 Å². The number of benzene rings is 4. The lowest BCUT2D eigenvalue weighted by molar-refractivity contribution is -0.136. The molecular formula is C36H29N3O7. The number of imide groups is 2. The van der Waals surface area contributed by atoms with Crippen LogP contribution < -0.4 is 20.1 Å². The van der Waals surface area contributed by atoms with Gasteiger partial charge in [-0.1, -0.05) is 42.5 Å². The van der Waals surface area contributed by atoms with Gasteiger partial charge in [-0.3, -0.25) is 34.2 Å². The number of hydrogen-bond acceptors (Lipinski definition) is 7. The summed E-state index contributed by atoms with van der Waals surface area (Å²) in [7, 11) is 1.59. The number of rotatable bonds is 9. The summed E-state index contributed by atoms with van der Waals surface area (Å²) in [6, 6.07) is 25.5. The largest absolute Gasteiger partial charge is 0.497 e. The highest BCUT2D eigenvalue weighted by Crippen LogP contribution is 2.31. The van der Waals surface area contributed by atoms with E-state index in [0.29, 0.717) is 34.9 Å². The number of ether oxygens (including phenoxy) is 2. The second-order valence-corrected chi connectivity index (χ2v) is 10.8. The number of para-hydroxylation sites is 2. The number of hydrogen-bond donors (Lipinski definition) is 2. The van der Waals surface area contributed by atoms with Gasteiger partial charge in [0.25, 0.3) is 17.7 Å². The summed E-state index contributed by atoms with van der Waals surface area (Å²) in [6.45, 7) is 0. The van der Waals surface area contributed by atoms with Crippen LogP contribution in [0, 0.1) is 0 Å². The van der Waals surface area contributed by atoms with Crippen molar-refractivity contribution in [3.8, 4) is 17.2 Å². The van der Waals surface area contributed by atoms with Gasteiger partial charge in [0.2, 0.25) is 11.8 Å². The highest BCUT2D eigenvalue weighted by atomic mass is 16.5. The molecule has 5 amide bonds. The molecular weight excluding hydrogens is 586 g/mol. The first-order valence-electron chi connectivity index (χ1n) is 14.6. The maximum atomic E-state index is 13.1. The van der Waals surface area contributed by atoms with Crippen LogP contribution in [0.2, 0.25) is 0 Å². The van der Waals surface area contributed by atoms with E-state index in [0.717, 1.165) is 16.0 Å². The third-order valence-corrected chi connectivity index (χ3v) is 7.77. The molecule has 0 saturated carbocycles. The second kappa shape index (κ2) is 12.9. The summed E-state index contributed by atoms with van der Waals surface area (Å²) < 4.78 is 11.2. The van der Waals surface area contributed by atoms with Crippen molar-refractivity contribution in [1.82, 2.24) is 10.2 Å². The Kier molecular flexibility index (Phi) is 8.42. The van der Waals surface area contributed by atoms with Crippen molar-refractivity contribution in [3.05, 3.63) is 125 Å². The lowest BCUT2D eigenvalue weighted by Gasteiger charge is -2.27. The standard InChI is InChI=1S/C36H29N3O7/c1-45-25-14-16-26(17-15-25)46-31-8-3-2-7-29(31)37-33(41)24-12-9-22(10-13-24)5-4-6-23-11-18-27-28(21-23)36(44)39(35(27)43)30-19-20-32(40)38-34(30)42/h2-4,6-18,21,30H,5,19-20H2,1H3,(H,37,41)(H,38,40,42)/b6-4+. The summed E-state index contributed by atoms with van der Waals surface area (Å²) in [6.07, 6.45) is 4.50. The van der Waals surface area contributed by atoms with Crippen LogP contribution in [-0.2, 0) is 16.0 Å². The van der Waals surface area contributed by atoms with E-state index in [1.807, 2.05) is 36.4 Å². The molecule has 2 heterocycles. The van der Waals surface area contributed by atoms with Crippen molar-refractivity contribution in [3.63, 3.8) is 0 Å². The fourth-order valence-electron chi connectivity index (χ4n) is 5.34. The summed E-state index contributed by atoms with van der Waals surface area (Å²) in [5, 5.41) is 5.11. The highest BCUT2D eigenvalue weighted by molar-refractivity contribution is 6.23. The van der Waals surface area contributed by atoms with E-state index >= 15 is 0 Å². The van der Waals surface area contributed by atoms with Crippen LogP contribution in [0.4, 0.5) is 5.69 Å². The number of anilines is 1. The van der Waals surface area contributed by atoms with Crippen LogP contribution in [0.3, 0.4) is 0 Å². The van der Waals surface area contributed by atoms with Crippen molar-refractivity contribution in [1.29, 1.82) is 0 Å². The number of carbonyl (C=O) groups is 5. The number of carbonyl (C=O) groups excluding carboxylic acids is 5. The maximum Gasteiger partial charge on any atom is 0.262 e. The summed E-state index contributed by atoms with van der Waals surface area (Å²) >= 11 is 0. The molecule has 0 bridgehead atoms. The fraction of sp³-hybridized carbons (Fsp3) is 0.139. The van der Waals surface area contributed by atoms with Gasteiger partial charge in [-0.15, -0.1) is 0 Å². The van der Waals surface area contributed by atoms with Crippen LogP contribution >= 0.6 is 0 Å². The molecule has 10 heteroatoms. The van der Waals surface area contributed by atoms with Crippen molar-refractivity contribution < 1.29 is 33.4 Å². The molecule has 0 spiro atoms. The van der Waals surface area contributed by atoms with Crippen LogP contribution in [0.15, 0.2) is 97.1 Å². The molecule has 2 aliphatic heterocycles. The number of allylic oxidation sites excluding steroid dienone is 1. The van der Waals surface area contributed by atoms with Gasteiger partial charge in [0.15, 0.2) is 5.75 Å². The Morgan fingerprint density at radius 2 is 1.61 bits per heavy atom. The van der Waals surface area contributed by atoms with Gasteiger partial charge in [0, 0.05) is 12.0 Å². The first-order valence-corrected chi connectivity index (χ1v) is 14.6. The van der Waals surface area contributed by atoms with Crippen LogP contribution in [0.1, 0.15) is 55.0 Å². The van der Waals surface area contributed by atoms with E-state index in [1.54, 1.807) is 73.8 Å². The summed E-state index contributed by atoms with van der Waals surface area (Å²) in [4.78, 5) is 63.8. The van der Waals surface area contributed by atoms with Crippen molar-refractivity contribution in [2.45, 2.75) is 25.3 Å². The Balaban J connectivity index is 1.07. The minimum absolute atomic E-state index is 0.0672. The number of nitrogens with one attached hydrogen (secondary N) is 2. The number of piperidine rings is 1. The molecule has 1 unspecified atom stereocenters. The van der Waals surface area contributed by atoms with Gasteiger partial charge in [0.05, 0.1) is 23.9 Å². The molecule has 0 radical (unpaired) electrons. The SMILES string of the molecule is COc1ccc(Oc2ccccc2NC(=O)c2ccc(C/C=C/c3ccc4c(c3)C(=O)N(C3CCC(=O)NC3=O)C4=O)cc2)cc1. The molecule has 2 aliphatic rings. The van der Waals surface area contributed by atoms with E-state index in [9.17, 15) is 24.0 Å². The molecule has 10 nitrogen and oxygen atoms in total. The Morgan fingerprint density at radius 1 is 0.891 bits per heavy atom. The molecule has 6 rings (SSSR count). The number of amides is 5. The van der Waals surface area contributed by atoms with Gasteiger partial charge >= 0.3 is 0 Å². The maximum absolute atomic E-state index is 13.1. The monoisotopic (exact) mass is 615 g/mol. The van der Waals surface area contributed by atoms with Gasteiger partial charge in [0.1, 0.15) is 17.5 Å². The fourth-order valence-corrected chi connectivity index (χ4v) is 5.34. The molecule has 230 valence electrons. The number of fused-ring (bicyclic) bond motifs is 1. The zero-order valence-electron chi connectivity index (χ0n) is 24.8. The predicted molar refractivity (Wildman–Crippen MR) is 170 cm³/mol. The van der Waals surface area contributed by atoms with Gasteiger partial charge in [-0.05, 0) is 84.6 Å². The van der Waals surface area contributed by atoms with E-state index in [-0.39, 0.29) is 29.9 Å². The van der Waals surface area contributed by atoms with Gasteiger partial charge in [-0.2, -0.15) is 0 Å². The minimum Gasteiger partial charge on any atom is -0.497 e. The first kappa shape index (κ1) is 30.0. The molecule has 46 heavy (non-hydrogen) atoms. The zero-order chi connectivity index (χ0) is 32.2. The summed E-state index contributed by atoms with van der Waals surface area (Å²) in [5.74, 6) is -0.602. The molecule has 1 fully saturated rings. The average molecular weight is 616 g/mol. The molecule has 1 saturated heterocycles. The van der Waals surface area contributed by atoms with Crippen LogP contribution in [0.25, 0.3) is 6.08 Å². The molecule has 0 aromatic heterocycles. The van der Waals surface area contributed by atoms with Crippen molar-refractivity contribution >= 4 is 41.3 Å². The van der Waals surface area contributed by atoms with E-state index < -0.39 is 29.7 Å². The highest BCUT2D eigenvalue weighted by Gasteiger charge is 2.44. The Labute approximate surface area is 264 Å². The second-order valence-electron chi connectivity index (χ2n) is 10.8. The smallest absolute Gasteiger partial charge is 0.262 e. The molecule has 2 N–H and O–H groups in total. The molecule has 1 atom stereocenters. The molecule has 4 aromatic rings. The third kappa shape index (κ3) is 6.27. The number of nitrogens with zero attached hydrogens (tertiary/aromatic N) is 1. The Hall–Kier alpha value is -6.03. The van der Waals surface area contributed by atoms with Gasteiger partial charge < -0.3 is 14.8 Å². The zero-order valence-corrected chi connectivity index (χ0v) is 24.8. The average Bonchev–Trinajstić information content (AvgIpc) is 3.31. The third-order valence-electron chi connectivity index (χ3n) is 7.77. The van der Waals surface area contributed by atoms with Crippen LogP contribution in [0.5, 0.6) is 17.2 Å². The Bertz CT molecular complexity index is 1880. The normalized spacial score (nSPS) is 15.9. The van der Waals surface area contributed by atoms with Gasteiger partial charge in [-0.25, -0.2) is 0 Å². The van der Waals surface area contributed by atoms with E-state index in [4.69, 9.17) is 9.47 Å². The molecule has 4 aromatic carbocycles. The van der Waals surface area contributed by atoms with Crippen molar-refractivity contribution in [2.24, 2.45) is 0 Å². The quantitative estimate of drug-likeness (QED) is 0.241. The molecule has 0 aliphatic carbocycles. The number of methoxy groups -OCH3 is 1. The van der Waals surface area contributed by atoms with Crippen LogP contribution in [-0.4, -0.2) is 47.6 Å². The lowest BCUT2D eigenvalue weighted by Crippen LogP contribution is -2.54. The Morgan fingerprint density at radius 3 is 2.35 bits per heavy atom. The lowest BCUT2D eigenvalue weighted by atomic mass is 10.0. The minimum atomic E-state index is -1.00.